The Kier molecular flexibility index (Phi) is 6.21. The van der Waals surface area contributed by atoms with Gasteiger partial charge < -0.3 is 14.5 Å². The summed E-state index contributed by atoms with van der Waals surface area (Å²) in [5.41, 5.74) is 6.34. The highest BCUT2D eigenvalue weighted by Crippen LogP contribution is 2.22. The van der Waals surface area contributed by atoms with Crippen LogP contribution < -0.4 is 10.3 Å². The van der Waals surface area contributed by atoms with Crippen molar-refractivity contribution in [1.29, 1.82) is 0 Å². The minimum absolute atomic E-state index is 0.0155. The maximum Gasteiger partial charge on any atom is 0.274 e. The molecule has 0 bridgehead atoms. The lowest BCUT2D eigenvalue weighted by atomic mass is 10.1. The van der Waals surface area contributed by atoms with Crippen LogP contribution in [0.5, 0.6) is 0 Å². The van der Waals surface area contributed by atoms with E-state index in [1.807, 2.05) is 33.7 Å². The molecule has 2 aliphatic heterocycles. The fourth-order valence-electron chi connectivity index (χ4n) is 4.30. The number of nitrogens with zero attached hydrogens (tertiary/aromatic N) is 6. The number of ether oxygens (including phenoxy) is 1. The zero-order chi connectivity index (χ0) is 22.6. The molecule has 0 aliphatic carbocycles. The van der Waals surface area contributed by atoms with E-state index in [4.69, 9.17) is 9.72 Å². The monoisotopic (exact) mass is 447 g/mol. The van der Waals surface area contributed by atoms with Gasteiger partial charge in [-0.3, -0.25) is 14.6 Å². The number of amides is 1. The molecular formula is C24H29N7O2. The summed E-state index contributed by atoms with van der Waals surface area (Å²) >= 11 is 0. The first-order valence-corrected chi connectivity index (χ1v) is 11.6. The van der Waals surface area contributed by atoms with Crippen LogP contribution in [0.3, 0.4) is 0 Å². The molecule has 0 radical (unpaired) electrons. The molecule has 2 aromatic heterocycles. The number of hydrazone groups is 1. The number of aromatic nitrogens is 3. The van der Waals surface area contributed by atoms with Crippen LogP contribution in [0.15, 0.2) is 41.6 Å². The first kappa shape index (κ1) is 21.4. The topological polar surface area (TPSA) is 87.4 Å². The van der Waals surface area contributed by atoms with E-state index in [0.29, 0.717) is 30.4 Å². The Morgan fingerprint density at radius 3 is 2.70 bits per heavy atom. The molecule has 1 amide bonds. The number of morpholine rings is 1. The molecular weight excluding hydrogens is 418 g/mol. The van der Waals surface area contributed by atoms with Gasteiger partial charge in [0.25, 0.3) is 5.91 Å². The number of anilines is 2. The predicted octanol–water partition coefficient (Wildman–Crippen LogP) is 2.95. The average Bonchev–Trinajstić information content (AvgIpc) is 3.28. The summed E-state index contributed by atoms with van der Waals surface area (Å²) < 4.78 is 7.42. The number of imidazole rings is 1. The summed E-state index contributed by atoms with van der Waals surface area (Å²) in [4.78, 5) is 26.6. The minimum atomic E-state index is -0.0155. The Balaban J connectivity index is 1.45. The van der Waals surface area contributed by atoms with Crippen molar-refractivity contribution in [2.75, 3.05) is 49.7 Å². The first-order chi connectivity index (χ1) is 16.2. The van der Waals surface area contributed by atoms with E-state index in [0.717, 1.165) is 50.5 Å². The van der Waals surface area contributed by atoms with Crippen LogP contribution in [0, 0.1) is 6.92 Å². The molecule has 1 aromatic carbocycles. The number of benzene rings is 1. The third kappa shape index (κ3) is 4.83. The van der Waals surface area contributed by atoms with Gasteiger partial charge in [0.05, 0.1) is 19.4 Å². The van der Waals surface area contributed by atoms with E-state index in [1.165, 1.54) is 12.0 Å². The zero-order valence-corrected chi connectivity index (χ0v) is 18.9. The third-order valence-electron chi connectivity index (χ3n) is 6.03. The molecule has 0 spiro atoms. The Morgan fingerprint density at radius 2 is 1.91 bits per heavy atom. The van der Waals surface area contributed by atoms with Gasteiger partial charge in [-0.1, -0.05) is 29.8 Å². The van der Waals surface area contributed by atoms with Crippen LogP contribution in [0.4, 0.5) is 11.8 Å². The lowest BCUT2D eigenvalue weighted by Gasteiger charge is -2.28. The third-order valence-corrected chi connectivity index (χ3v) is 6.03. The number of hydrogen-bond acceptors (Lipinski definition) is 7. The van der Waals surface area contributed by atoms with Gasteiger partial charge in [-0.05, 0) is 31.7 Å². The zero-order valence-electron chi connectivity index (χ0n) is 18.9. The van der Waals surface area contributed by atoms with Crippen molar-refractivity contribution in [2.24, 2.45) is 5.10 Å². The van der Waals surface area contributed by atoms with E-state index >= 15 is 0 Å². The van der Waals surface area contributed by atoms with Crippen molar-refractivity contribution in [2.45, 2.75) is 26.2 Å². The number of aryl methyl sites for hydroxylation is 1. The lowest BCUT2D eigenvalue weighted by molar-refractivity contribution is 0.0719. The highest BCUT2D eigenvalue weighted by molar-refractivity contribution is 5.93. The van der Waals surface area contributed by atoms with Crippen LogP contribution in [0.25, 0.3) is 5.65 Å². The molecule has 2 aliphatic rings. The maximum absolute atomic E-state index is 13.1. The Bertz CT molecular complexity index is 1160. The SMILES string of the molecule is Cc1cccc(/C=N/Nc2cc3nc(C(=O)N4CCCCC4)cn3c(N3CCOCC3)n2)c1. The van der Waals surface area contributed by atoms with Gasteiger partial charge >= 0.3 is 0 Å². The summed E-state index contributed by atoms with van der Waals surface area (Å²) in [7, 11) is 0. The molecule has 5 rings (SSSR count). The number of carbonyl (C=O) groups excluding carboxylic acids is 1. The van der Waals surface area contributed by atoms with E-state index in [9.17, 15) is 4.79 Å². The molecule has 3 aromatic rings. The summed E-state index contributed by atoms with van der Waals surface area (Å²) in [5.74, 6) is 1.29. The van der Waals surface area contributed by atoms with Crippen LogP contribution in [-0.4, -0.2) is 70.8 Å². The summed E-state index contributed by atoms with van der Waals surface area (Å²) in [6.45, 7) is 6.37. The fraction of sp³-hybridized carbons (Fsp3) is 0.417. The summed E-state index contributed by atoms with van der Waals surface area (Å²) in [6, 6.07) is 9.94. The largest absolute Gasteiger partial charge is 0.378 e. The fourth-order valence-corrected chi connectivity index (χ4v) is 4.30. The molecule has 172 valence electrons. The van der Waals surface area contributed by atoms with Gasteiger partial charge in [0.15, 0.2) is 5.82 Å². The van der Waals surface area contributed by atoms with Crippen LogP contribution in [0.1, 0.15) is 40.9 Å². The van der Waals surface area contributed by atoms with Crippen molar-refractivity contribution in [1.82, 2.24) is 19.3 Å². The predicted molar refractivity (Wildman–Crippen MR) is 128 cm³/mol. The molecule has 0 saturated carbocycles. The summed E-state index contributed by atoms with van der Waals surface area (Å²) in [6.07, 6.45) is 6.85. The molecule has 2 saturated heterocycles. The molecule has 4 heterocycles. The van der Waals surface area contributed by atoms with Crippen LogP contribution >= 0.6 is 0 Å². The molecule has 2 fully saturated rings. The number of fused-ring (bicyclic) bond motifs is 1. The Morgan fingerprint density at radius 1 is 1.09 bits per heavy atom. The quantitative estimate of drug-likeness (QED) is 0.478. The van der Waals surface area contributed by atoms with Crippen LogP contribution in [-0.2, 0) is 4.74 Å². The maximum atomic E-state index is 13.1. The number of nitrogens with one attached hydrogen (secondary N) is 1. The second-order valence-corrected chi connectivity index (χ2v) is 8.53. The molecule has 1 N–H and O–H groups in total. The van der Waals surface area contributed by atoms with Gasteiger partial charge in [-0.15, -0.1) is 0 Å². The second-order valence-electron chi connectivity index (χ2n) is 8.53. The van der Waals surface area contributed by atoms with Gasteiger partial charge in [0.1, 0.15) is 11.3 Å². The molecule has 0 unspecified atom stereocenters. The number of piperidine rings is 1. The molecule has 9 heteroatoms. The number of rotatable bonds is 5. The van der Waals surface area contributed by atoms with Crippen LogP contribution in [0.2, 0.25) is 0 Å². The minimum Gasteiger partial charge on any atom is -0.378 e. The molecule has 33 heavy (non-hydrogen) atoms. The number of carbonyl (C=O) groups is 1. The van der Waals surface area contributed by atoms with Gasteiger partial charge in [0, 0.05) is 38.4 Å². The molecule has 9 nitrogen and oxygen atoms in total. The average molecular weight is 448 g/mol. The van der Waals surface area contributed by atoms with Crippen molar-refractivity contribution < 1.29 is 9.53 Å². The van der Waals surface area contributed by atoms with E-state index < -0.39 is 0 Å². The van der Waals surface area contributed by atoms with E-state index in [2.05, 4.69) is 39.5 Å². The van der Waals surface area contributed by atoms with Crippen molar-refractivity contribution >= 4 is 29.5 Å². The number of hydrogen-bond donors (Lipinski definition) is 1. The smallest absolute Gasteiger partial charge is 0.274 e. The number of likely N-dealkylation sites (tertiary alicyclic amines) is 1. The van der Waals surface area contributed by atoms with Gasteiger partial charge in [0.2, 0.25) is 5.95 Å². The molecule has 0 atom stereocenters. The van der Waals surface area contributed by atoms with Gasteiger partial charge in [-0.25, -0.2) is 4.98 Å². The first-order valence-electron chi connectivity index (χ1n) is 11.6. The normalized spacial score (nSPS) is 17.1. The summed E-state index contributed by atoms with van der Waals surface area (Å²) in [5, 5.41) is 4.37. The Hall–Kier alpha value is -3.46. The second kappa shape index (κ2) is 9.58. The van der Waals surface area contributed by atoms with Crippen molar-refractivity contribution in [3.8, 4) is 0 Å². The van der Waals surface area contributed by atoms with E-state index in [-0.39, 0.29) is 5.91 Å². The van der Waals surface area contributed by atoms with Gasteiger partial charge in [-0.2, -0.15) is 10.1 Å². The van der Waals surface area contributed by atoms with Crippen molar-refractivity contribution in [3.05, 3.63) is 53.3 Å². The van der Waals surface area contributed by atoms with Crippen molar-refractivity contribution in [3.63, 3.8) is 0 Å². The highest BCUT2D eigenvalue weighted by atomic mass is 16.5. The highest BCUT2D eigenvalue weighted by Gasteiger charge is 2.23. The van der Waals surface area contributed by atoms with E-state index in [1.54, 1.807) is 6.21 Å². The standard InChI is InChI=1S/C24H29N7O2/c1-18-6-5-7-19(14-18)16-25-28-21-15-22-26-20(23(32)29-8-3-2-4-9-29)17-31(22)24(27-21)30-10-12-33-13-11-30/h5-7,14-17,28H,2-4,8-13H2,1H3/b25-16+. The Labute approximate surface area is 193 Å². The lowest BCUT2D eigenvalue weighted by Crippen LogP contribution is -2.38.